The van der Waals surface area contributed by atoms with Gasteiger partial charge in [-0.05, 0) is 37.1 Å². The van der Waals surface area contributed by atoms with Crippen LogP contribution in [0.2, 0.25) is 5.02 Å². The van der Waals surface area contributed by atoms with Gasteiger partial charge in [0, 0.05) is 29.6 Å². The predicted octanol–water partition coefficient (Wildman–Crippen LogP) is 3.00. The Morgan fingerprint density at radius 2 is 1.95 bits per heavy atom. The quantitative estimate of drug-likeness (QED) is 0.909. The largest absolute Gasteiger partial charge is 0.351 e. The standard InChI is InChI=1S/C16H21ClN2O2/c1-3-11(4-2)16(21)18-13-9-15(20)19(10-13)14-7-5-12(17)6-8-14/h5-8,11,13H,3-4,9-10H2,1-2H3,(H,18,21)/t13-/m0/s1. The Bertz CT molecular complexity index is 512. The summed E-state index contributed by atoms with van der Waals surface area (Å²) in [7, 11) is 0. The molecule has 4 nitrogen and oxygen atoms in total. The monoisotopic (exact) mass is 308 g/mol. The number of nitrogens with one attached hydrogen (secondary N) is 1. The number of benzene rings is 1. The number of rotatable bonds is 5. The van der Waals surface area contributed by atoms with Crippen LogP contribution < -0.4 is 10.2 Å². The Balaban J connectivity index is 1.99. The summed E-state index contributed by atoms with van der Waals surface area (Å²) in [5, 5.41) is 3.64. The third-order valence-electron chi connectivity index (χ3n) is 3.97. The highest BCUT2D eigenvalue weighted by molar-refractivity contribution is 6.30. The van der Waals surface area contributed by atoms with Crippen LogP contribution in [0.4, 0.5) is 5.69 Å². The highest BCUT2D eigenvalue weighted by Gasteiger charge is 2.32. The number of carbonyl (C=O) groups excluding carboxylic acids is 2. The molecule has 2 amide bonds. The van der Waals surface area contributed by atoms with Crippen molar-refractivity contribution >= 4 is 29.1 Å². The first-order chi connectivity index (χ1) is 10.0. The van der Waals surface area contributed by atoms with Crippen molar-refractivity contribution in [2.75, 3.05) is 11.4 Å². The van der Waals surface area contributed by atoms with Crippen LogP contribution in [-0.2, 0) is 9.59 Å². The lowest BCUT2D eigenvalue weighted by Crippen LogP contribution is -2.40. The molecule has 1 atom stereocenters. The van der Waals surface area contributed by atoms with E-state index in [9.17, 15) is 9.59 Å². The average molecular weight is 309 g/mol. The Labute approximate surface area is 130 Å². The van der Waals surface area contributed by atoms with Crippen molar-refractivity contribution in [3.8, 4) is 0 Å². The highest BCUT2D eigenvalue weighted by Crippen LogP contribution is 2.23. The lowest BCUT2D eigenvalue weighted by molar-refractivity contribution is -0.125. The number of halogens is 1. The summed E-state index contributed by atoms with van der Waals surface area (Å²) in [4.78, 5) is 25.9. The third kappa shape index (κ3) is 3.76. The lowest BCUT2D eigenvalue weighted by atomic mass is 10.0. The van der Waals surface area contributed by atoms with Gasteiger partial charge in [-0.2, -0.15) is 0 Å². The number of nitrogens with zero attached hydrogens (tertiary/aromatic N) is 1. The van der Waals surface area contributed by atoms with Gasteiger partial charge in [0.1, 0.15) is 0 Å². The molecule has 0 bridgehead atoms. The maximum Gasteiger partial charge on any atom is 0.229 e. The Kier molecular flexibility index (Phi) is 5.23. The molecule has 21 heavy (non-hydrogen) atoms. The van der Waals surface area contributed by atoms with Crippen molar-refractivity contribution in [3.05, 3.63) is 29.3 Å². The molecule has 0 unspecified atom stereocenters. The summed E-state index contributed by atoms with van der Waals surface area (Å²) >= 11 is 5.86. The van der Waals surface area contributed by atoms with Crippen LogP contribution >= 0.6 is 11.6 Å². The predicted molar refractivity (Wildman–Crippen MR) is 84.4 cm³/mol. The molecule has 5 heteroatoms. The molecule has 0 radical (unpaired) electrons. The van der Waals surface area contributed by atoms with Gasteiger partial charge in [-0.3, -0.25) is 9.59 Å². The van der Waals surface area contributed by atoms with Crippen LogP contribution in [-0.4, -0.2) is 24.4 Å². The van der Waals surface area contributed by atoms with E-state index in [1.165, 1.54) is 0 Å². The molecule has 2 rings (SSSR count). The first-order valence-corrected chi connectivity index (χ1v) is 7.79. The Morgan fingerprint density at radius 3 is 2.52 bits per heavy atom. The highest BCUT2D eigenvalue weighted by atomic mass is 35.5. The summed E-state index contributed by atoms with van der Waals surface area (Å²) in [6.07, 6.45) is 2.00. The third-order valence-corrected chi connectivity index (χ3v) is 4.22. The zero-order chi connectivity index (χ0) is 15.4. The second-order valence-electron chi connectivity index (χ2n) is 5.40. The average Bonchev–Trinajstić information content (AvgIpc) is 2.81. The van der Waals surface area contributed by atoms with E-state index >= 15 is 0 Å². The smallest absolute Gasteiger partial charge is 0.229 e. The van der Waals surface area contributed by atoms with Gasteiger partial charge < -0.3 is 10.2 Å². The molecular formula is C16H21ClN2O2. The summed E-state index contributed by atoms with van der Waals surface area (Å²) in [5.74, 6) is 0.118. The molecule has 1 fully saturated rings. The number of carbonyl (C=O) groups is 2. The van der Waals surface area contributed by atoms with Crippen molar-refractivity contribution in [1.29, 1.82) is 0 Å². The molecule has 1 heterocycles. The van der Waals surface area contributed by atoms with Crippen LogP contribution in [0.1, 0.15) is 33.1 Å². The molecule has 1 N–H and O–H groups in total. The molecule has 114 valence electrons. The van der Waals surface area contributed by atoms with Crippen molar-refractivity contribution in [3.63, 3.8) is 0 Å². The van der Waals surface area contributed by atoms with E-state index in [-0.39, 0.29) is 23.8 Å². The minimum atomic E-state index is -0.110. The van der Waals surface area contributed by atoms with Crippen LogP contribution in [0.5, 0.6) is 0 Å². The van der Waals surface area contributed by atoms with E-state index in [0.717, 1.165) is 18.5 Å². The van der Waals surface area contributed by atoms with E-state index in [4.69, 9.17) is 11.6 Å². The molecule has 0 aromatic heterocycles. The van der Waals surface area contributed by atoms with E-state index in [1.54, 1.807) is 17.0 Å². The fourth-order valence-electron chi connectivity index (χ4n) is 2.65. The molecule has 0 spiro atoms. The Hall–Kier alpha value is -1.55. The number of hydrogen-bond donors (Lipinski definition) is 1. The van der Waals surface area contributed by atoms with Crippen molar-refractivity contribution in [1.82, 2.24) is 5.32 Å². The van der Waals surface area contributed by atoms with Gasteiger partial charge in [-0.15, -0.1) is 0 Å². The molecule has 1 aliphatic heterocycles. The maximum atomic E-state index is 12.1. The molecule has 1 aromatic carbocycles. The molecule has 1 aliphatic rings. The first-order valence-electron chi connectivity index (χ1n) is 7.41. The van der Waals surface area contributed by atoms with Gasteiger partial charge >= 0.3 is 0 Å². The normalized spacial score (nSPS) is 18.4. The van der Waals surface area contributed by atoms with E-state index < -0.39 is 0 Å². The van der Waals surface area contributed by atoms with E-state index in [1.807, 2.05) is 26.0 Å². The molecule has 1 saturated heterocycles. The zero-order valence-corrected chi connectivity index (χ0v) is 13.2. The lowest BCUT2D eigenvalue weighted by Gasteiger charge is -2.19. The van der Waals surface area contributed by atoms with Gasteiger partial charge in [-0.25, -0.2) is 0 Å². The van der Waals surface area contributed by atoms with Crippen LogP contribution in [0.25, 0.3) is 0 Å². The second kappa shape index (κ2) is 6.94. The number of anilines is 1. The molecule has 1 aromatic rings. The van der Waals surface area contributed by atoms with Gasteiger partial charge in [-0.1, -0.05) is 25.4 Å². The van der Waals surface area contributed by atoms with E-state index in [0.29, 0.717) is 18.0 Å². The van der Waals surface area contributed by atoms with Crippen molar-refractivity contribution < 1.29 is 9.59 Å². The van der Waals surface area contributed by atoms with Gasteiger partial charge in [0.05, 0.1) is 6.04 Å². The summed E-state index contributed by atoms with van der Waals surface area (Å²) < 4.78 is 0. The van der Waals surface area contributed by atoms with Crippen LogP contribution in [0.3, 0.4) is 0 Å². The minimum absolute atomic E-state index is 0.0321. The summed E-state index contributed by atoms with van der Waals surface area (Å²) in [6.45, 7) is 4.54. The van der Waals surface area contributed by atoms with Gasteiger partial charge in [0.2, 0.25) is 11.8 Å². The second-order valence-corrected chi connectivity index (χ2v) is 5.84. The fourth-order valence-corrected chi connectivity index (χ4v) is 2.78. The molecule has 0 aliphatic carbocycles. The number of hydrogen-bond acceptors (Lipinski definition) is 2. The van der Waals surface area contributed by atoms with E-state index in [2.05, 4.69) is 5.32 Å². The minimum Gasteiger partial charge on any atom is -0.351 e. The maximum absolute atomic E-state index is 12.1. The SMILES string of the molecule is CCC(CC)C(=O)N[C@H]1CC(=O)N(c2ccc(Cl)cc2)C1. The molecule has 0 saturated carbocycles. The Morgan fingerprint density at radius 1 is 1.33 bits per heavy atom. The van der Waals surface area contributed by atoms with Crippen LogP contribution in [0, 0.1) is 5.92 Å². The van der Waals surface area contributed by atoms with Crippen molar-refractivity contribution in [2.45, 2.75) is 39.2 Å². The van der Waals surface area contributed by atoms with Gasteiger partial charge in [0.25, 0.3) is 0 Å². The summed E-state index contributed by atoms with van der Waals surface area (Å²) in [5.41, 5.74) is 0.823. The summed E-state index contributed by atoms with van der Waals surface area (Å²) in [6, 6.07) is 7.07. The molecular weight excluding hydrogens is 288 g/mol. The fraction of sp³-hybridized carbons (Fsp3) is 0.500. The van der Waals surface area contributed by atoms with Gasteiger partial charge in [0.15, 0.2) is 0 Å². The van der Waals surface area contributed by atoms with Crippen molar-refractivity contribution in [2.24, 2.45) is 5.92 Å². The zero-order valence-electron chi connectivity index (χ0n) is 12.4. The topological polar surface area (TPSA) is 49.4 Å². The number of amides is 2. The first kappa shape index (κ1) is 15.8. The van der Waals surface area contributed by atoms with Crippen LogP contribution in [0.15, 0.2) is 24.3 Å².